The molecular weight excluding hydrogens is 264 g/mol. The Bertz CT molecular complexity index is 614. The van der Waals surface area contributed by atoms with Crippen molar-refractivity contribution in [2.24, 2.45) is 0 Å². The van der Waals surface area contributed by atoms with Crippen LogP contribution in [0.4, 0.5) is 5.95 Å². The van der Waals surface area contributed by atoms with E-state index in [4.69, 9.17) is 16.9 Å². The highest BCUT2D eigenvalue weighted by molar-refractivity contribution is 6.30. The third-order valence-electron chi connectivity index (χ3n) is 3.16. The molecule has 96 valence electrons. The quantitative estimate of drug-likeness (QED) is 0.833. The van der Waals surface area contributed by atoms with Crippen molar-refractivity contribution in [3.05, 3.63) is 35.4 Å². The van der Waals surface area contributed by atoms with Gasteiger partial charge in [0, 0.05) is 19.3 Å². The number of nitrogens with zero attached hydrogens (tertiary/aromatic N) is 6. The zero-order chi connectivity index (χ0) is 13.2. The molecule has 3 heterocycles. The van der Waals surface area contributed by atoms with Crippen LogP contribution < -0.4 is 4.90 Å². The molecule has 0 bridgehead atoms. The van der Waals surface area contributed by atoms with Gasteiger partial charge in [-0.3, -0.25) is 4.68 Å². The Balaban J connectivity index is 1.73. The Morgan fingerprint density at radius 3 is 2.79 bits per heavy atom. The maximum absolute atomic E-state index is 8.80. The van der Waals surface area contributed by atoms with Gasteiger partial charge in [0.05, 0.1) is 35.2 Å². The average Bonchev–Trinajstić information content (AvgIpc) is 3.08. The highest BCUT2D eigenvalue weighted by atomic mass is 35.5. The molecule has 1 aliphatic heterocycles. The van der Waals surface area contributed by atoms with E-state index in [1.807, 2.05) is 4.68 Å². The normalized spacial score (nSPS) is 18.5. The van der Waals surface area contributed by atoms with Crippen LogP contribution in [-0.2, 0) is 0 Å². The summed E-state index contributed by atoms with van der Waals surface area (Å²) in [5.74, 6) is 0.680. The van der Waals surface area contributed by atoms with Crippen LogP contribution in [0.3, 0.4) is 0 Å². The first-order chi connectivity index (χ1) is 9.26. The number of halogens is 1. The van der Waals surface area contributed by atoms with Crippen molar-refractivity contribution in [3.63, 3.8) is 0 Å². The lowest BCUT2D eigenvalue weighted by Crippen LogP contribution is -2.23. The van der Waals surface area contributed by atoms with Crippen molar-refractivity contribution in [1.29, 1.82) is 5.26 Å². The predicted molar refractivity (Wildman–Crippen MR) is 69.9 cm³/mol. The summed E-state index contributed by atoms with van der Waals surface area (Å²) in [5.41, 5.74) is 0.584. The predicted octanol–water partition coefficient (Wildman–Crippen LogP) is 1.65. The first kappa shape index (κ1) is 11.9. The lowest BCUT2D eigenvalue weighted by Gasteiger charge is -2.16. The van der Waals surface area contributed by atoms with E-state index in [2.05, 4.69) is 26.0 Å². The third-order valence-corrected chi connectivity index (χ3v) is 3.35. The number of hydrogen-bond donors (Lipinski definition) is 0. The van der Waals surface area contributed by atoms with Crippen molar-refractivity contribution >= 4 is 17.5 Å². The Kier molecular flexibility index (Phi) is 3.05. The molecule has 6 nitrogen and oxygen atoms in total. The Labute approximate surface area is 115 Å². The molecule has 1 fully saturated rings. The van der Waals surface area contributed by atoms with Gasteiger partial charge < -0.3 is 4.90 Å². The minimum absolute atomic E-state index is 0.251. The summed E-state index contributed by atoms with van der Waals surface area (Å²) in [7, 11) is 0. The second-order valence-corrected chi connectivity index (χ2v) is 4.85. The first-order valence-corrected chi connectivity index (χ1v) is 6.31. The molecule has 1 atom stereocenters. The monoisotopic (exact) mass is 274 g/mol. The molecular formula is C12H11ClN6. The summed E-state index contributed by atoms with van der Waals surface area (Å²) in [6.07, 6.45) is 7.51. The van der Waals surface area contributed by atoms with Crippen LogP contribution in [0.2, 0.25) is 5.02 Å². The van der Waals surface area contributed by atoms with Crippen LogP contribution in [0.5, 0.6) is 0 Å². The van der Waals surface area contributed by atoms with Crippen molar-refractivity contribution in [2.45, 2.75) is 12.5 Å². The second-order valence-electron chi connectivity index (χ2n) is 4.41. The molecule has 1 saturated heterocycles. The van der Waals surface area contributed by atoms with Gasteiger partial charge in [-0.1, -0.05) is 11.6 Å². The average molecular weight is 275 g/mol. The van der Waals surface area contributed by atoms with Crippen LogP contribution in [0.1, 0.15) is 18.0 Å². The van der Waals surface area contributed by atoms with E-state index in [9.17, 15) is 0 Å². The van der Waals surface area contributed by atoms with Gasteiger partial charge in [-0.2, -0.15) is 10.4 Å². The van der Waals surface area contributed by atoms with Gasteiger partial charge in [0.2, 0.25) is 5.95 Å². The lowest BCUT2D eigenvalue weighted by molar-refractivity contribution is 0.494. The summed E-state index contributed by atoms with van der Waals surface area (Å²) in [6.45, 7) is 1.65. The van der Waals surface area contributed by atoms with Crippen molar-refractivity contribution in [1.82, 2.24) is 19.7 Å². The zero-order valence-corrected chi connectivity index (χ0v) is 10.8. The van der Waals surface area contributed by atoms with Crippen molar-refractivity contribution < 1.29 is 0 Å². The van der Waals surface area contributed by atoms with Crippen LogP contribution in [0, 0.1) is 11.3 Å². The molecule has 2 aromatic heterocycles. The van der Waals surface area contributed by atoms with E-state index in [-0.39, 0.29) is 6.04 Å². The molecule has 1 unspecified atom stereocenters. The Morgan fingerprint density at radius 1 is 1.32 bits per heavy atom. The minimum atomic E-state index is 0.251. The molecule has 0 aliphatic carbocycles. The van der Waals surface area contributed by atoms with Gasteiger partial charge in [-0.15, -0.1) is 0 Å². The van der Waals surface area contributed by atoms with Crippen LogP contribution in [0.15, 0.2) is 24.8 Å². The van der Waals surface area contributed by atoms with Gasteiger partial charge in [0.1, 0.15) is 6.07 Å². The smallest absolute Gasteiger partial charge is 0.225 e. The molecule has 0 aromatic carbocycles. The topological polar surface area (TPSA) is 70.6 Å². The van der Waals surface area contributed by atoms with E-state index >= 15 is 0 Å². The van der Waals surface area contributed by atoms with Crippen LogP contribution in [0.25, 0.3) is 0 Å². The molecule has 2 aromatic rings. The molecule has 0 saturated carbocycles. The highest BCUT2D eigenvalue weighted by Crippen LogP contribution is 2.24. The summed E-state index contributed by atoms with van der Waals surface area (Å²) in [6, 6.07) is 2.33. The SMILES string of the molecule is N#Cc1cnn(C2CCN(c3ncc(Cl)cn3)C2)c1. The van der Waals surface area contributed by atoms with E-state index in [1.54, 1.807) is 24.8 Å². The van der Waals surface area contributed by atoms with Crippen LogP contribution in [-0.4, -0.2) is 32.8 Å². The molecule has 7 heteroatoms. The second kappa shape index (κ2) is 4.86. The van der Waals surface area contributed by atoms with Gasteiger partial charge in [0.25, 0.3) is 0 Å². The summed E-state index contributed by atoms with van der Waals surface area (Å²) in [4.78, 5) is 10.5. The molecule has 0 amide bonds. The fraction of sp³-hybridized carbons (Fsp3) is 0.333. The molecule has 3 rings (SSSR count). The van der Waals surface area contributed by atoms with Gasteiger partial charge in [0.15, 0.2) is 0 Å². The zero-order valence-electron chi connectivity index (χ0n) is 10.1. The Morgan fingerprint density at radius 2 is 2.11 bits per heavy atom. The minimum Gasteiger partial charge on any atom is -0.339 e. The summed E-state index contributed by atoms with van der Waals surface area (Å²) >= 11 is 5.77. The fourth-order valence-electron chi connectivity index (χ4n) is 2.20. The maximum Gasteiger partial charge on any atom is 0.225 e. The maximum atomic E-state index is 8.80. The number of anilines is 1. The molecule has 1 aliphatic rings. The molecule has 0 N–H and O–H groups in total. The number of aromatic nitrogens is 4. The summed E-state index contributed by atoms with van der Waals surface area (Å²) in [5, 5.41) is 13.6. The first-order valence-electron chi connectivity index (χ1n) is 5.93. The number of rotatable bonds is 2. The molecule has 19 heavy (non-hydrogen) atoms. The largest absolute Gasteiger partial charge is 0.339 e. The van der Waals surface area contributed by atoms with Crippen molar-refractivity contribution in [2.75, 3.05) is 18.0 Å². The fourth-order valence-corrected chi connectivity index (χ4v) is 2.30. The van der Waals surface area contributed by atoms with E-state index in [0.29, 0.717) is 16.5 Å². The van der Waals surface area contributed by atoms with E-state index in [1.165, 1.54) is 0 Å². The third kappa shape index (κ3) is 2.37. The van der Waals surface area contributed by atoms with Crippen LogP contribution >= 0.6 is 11.6 Å². The van der Waals surface area contributed by atoms with Gasteiger partial charge in [-0.05, 0) is 6.42 Å². The van der Waals surface area contributed by atoms with E-state index < -0.39 is 0 Å². The highest BCUT2D eigenvalue weighted by Gasteiger charge is 2.26. The van der Waals surface area contributed by atoms with Gasteiger partial charge in [-0.25, -0.2) is 9.97 Å². The van der Waals surface area contributed by atoms with Gasteiger partial charge >= 0.3 is 0 Å². The lowest BCUT2D eigenvalue weighted by atomic mass is 10.3. The Hall–Kier alpha value is -2.13. The molecule has 0 spiro atoms. The standard InChI is InChI=1S/C12H11ClN6/c13-10-5-15-12(16-6-10)18-2-1-11(8-18)19-7-9(3-14)4-17-19/h4-7,11H,1-2,8H2. The van der Waals surface area contributed by atoms with Crippen molar-refractivity contribution in [3.8, 4) is 6.07 Å². The molecule has 0 radical (unpaired) electrons. The number of hydrogen-bond acceptors (Lipinski definition) is 5. The number of nitriles is 1. The van der Waals surface area contributed by atoms with E-state index in [0.717, 1.165) is 19.5 Å². The summed E-state index contributed by atoms with van der Waals surface area (Å²) < 4.78 is 1.84.